The van der Waals surface area contributed by atoms with Gasteiger partial charge in [-0.3, -0.25) is 9.69 Å². The van der Waals surface area contributed by atoms with Crippen LogP contribution in [0.5, 0.6) is 0 Å². The normalized spacial score (nSPS) is 11.1. The van der Waals surface area contributed by atoms with E-state index in [0.717, 1.165) is 16.6 Å². The van der Waals surface area contributed by atoms with Gasteiger partial charge in [-0.05, 0) is 25.5 Å². The maximum atomic E-state index is 12.5. The average molecular weight is 346 g/mol. The lowest BCUT2D eigenvalue weighted by Crippen LogP contribution is -2.35. The van der Waals surface area contributed by atoms with Crippen LogP contribution in [0.25, 0.3) is 0 Å². The van der Waals surface area contributed by atoms with Crippen molar-refractivity contribution in [3.8, 4) is 0 Å². The molecule has 21 heavy (non-hydrogen) atoms. The fourth-order valence-electron chi connectivity index (χ4n) is 2.20. The van der Waals surface area contributed by atoms with E-state index in [1.165, 1.54) is 5.56 Å². The monoisotopic (exact) mass is 345 g/mol. The SMILES string of the molecule is CC(C)N(CC(=O)c1ccccc1Br)Cc1ccccc1. The molecule has 0 radical (unpaired) electrons. The lowest BCUT2D eigenvalue weighted by Gasteiger charge is -2.26. The Bertz CT molecular complexity index is 595. The van der Waals surface area contributed by atoms with Gasteiger partial charge >= 0.3 is 0 Å². The molecule has 0 aromatic heterocycles. The topological polar surface area (TPSA) is 20.3 Å². The molecule has 110 valence electrons. The van der Waals surface area contributed by atoms with E-state index in [2.05, 4.69) is 46.8 Å². The van der Waals surface area contributed by atoms with Gasteiger partial charge in [0.15, 0.2) is 5.78 Å². The Morgan fingerprint density at radius 1 is 1.05 bits per heavy atom. The number of rotatable bonds is 6. The number of benzene rings is 2. The smallest absolute Gasteiger partial charge is 0.177 e. The first-order chi connectivity index (χ1) is 10.1. The summed E-state index contributed by atoms with van der Waals surface area (Å²) in [5.74, 6) is 0.145. The first kappa shape index (κ1) is 15.9. The summed E-state index contributed by atoms with van der Waals surface area (Å²) in [6, 6.07) is 18.2. The zero-order valence-corrected chi connectivity index (χ0v) is 14.0. The summed E-state index contributed by atoms with van der Waals surface area (Å²) in [5.41, 5.74) is 1.97. The van der Waals surface area contributed by atoms with Crippen molar-refractivity contribution < 1.29 is 4.79 Å². The van der Waals surface area contributed by atoms with Gasteiger partial charge in [-0.2, -0.15) is 0 Å². The molecular formula is C18H20BrNO. The molecule has 0 saturated carbocycles. The molecule has 3 heteroatoms. The third kappa shape index (κ3) is 4.51. The second-order valence-corrected chi connectivity index (χ2v) is 6.24. The van der Waals surface area contributed by atoms with E-state index in [1.54, 1.807) is 0 Å². The molecular weight excluding hydrogens is 326 g/mol. The van der Waals surface area contributed by atoms with Crippen LogP contribution in [-0.2, 0) is 6.54 Å². The van der Waals surface area contributed by atoms with Crippen molar-refractivity contribution in [2.75, 3.05) is 6.54 Å². The predicted octanol–water partition coefficient (Wildman–Crippen LogP) is 4.54. The highest BCUT2D eigenvalue weighted by molar-refractivity contribution is 9.10. The molecule has 0 spiro atoms. The van der Waals surface area contributed by atoms with Crippen molar-refractivity contribution in [1.29, 1.82) is 0 Å². The molecule has 0 atom stereocenters. The zero-order valence-electron chi connectivity index (χ0n) is 12.4. The van der Waals surface area contributed by atoms with Crippen molar-refractivity contribution in [2.24, 2.45) is 0 Å². The first-order valence-electron chi connectivity index (χ1n) is 7.13. The molecule has 0 aliphatic rings. The van der Waals surface area contributed by atoms with Gasteiger partial charge in [0.05, 0.1) is 6.54 Å². The third-order valence-electron chi connectivity index (χ3n) is 3.48. The minimum absolute atomic E-state index is 0.145. The standard InChI is InChI=1S/C18H20BrNO/c1-14(2)20(12-15-8-4-3-5-9-15)13-18(21)16-10-6-7-11-17(16)19/h3-11,14H,12-13H2,1-2H3. The Morgan fingerprint density at radius 2 is 1.67 bits per heavy atom. The summed E-state index contributed by atoms with van der Waals surface area (Å²) in [6.45, 7) is 5.45. The molecule has 0 N–H and O–H groups in total. The van der Waals surface area contributed by atoms with E-state index >= 15 is 0 Å². The van der Waals surface area contributed by atoms with Gasteiger partial charge in [-0.15, -0.1) is 0 Å². The van der Waals surface area contributed by atoms with Crippen LogP contribution in [0.1, 0.15) is 29.8 Å². The van der Waals surface area contributed by atoms with Gasteiger partial charge in [0.2, 0.25) is 0 Å². The fraction of sp³-hybridized carbons (Fsp3) is 0.278. The summed E-state index contributed by atoms with van der Waals surface area (Å²) in [4.78, 5) is 14.7. The van der Waals surface area contributed by atoms with Crippen LogP contribution >= 0.6 is 15.9 Å². The van der Waals surface area contributed by atoms with E-state index in [9.17, 15) is 4.79 Å². The summed E-state index contributed by atoms with van der Waals surface area (Å²) in [6.07, 6.45) is 0. The van der Waals surface area contributed by atoms with Crippen molar-refractivity contribution in [3.05, 3.63) is 70.2 Å². The van der Waals surface area contributed by atoms with Gasteiger partial charge in [0.1, 0.15) is 0 Å². The third-order valence-corrected chi connectivity index (χ3v) is 4.17. The number of halogens is 1. The number of Topliss-reactive ketones (excluding diaryl/α,β-unsaturated/α-hetero) is 1. The lowest BCUT2D eigenvalue weighted by molar-refractivity contribution is 0.0897. The van der Waals surface area contributed by atoms with Crippen molar-refractivity contribution in [3.63, 3.8) is 0 Å². The van der Waals surface area contributed by atoms with Crippen molar-refractivity contribution >= 4 is 21.7 Å². The molecule has 2 aromatic rings. The quantitative estimate of drug-likeness (QED) is 0.716. The minimum Gasteiger partial charge on any atom is -0.293 e. The minimum atomic E-state index is 0.145. The average Bonchev–Trinajstić information content (AvgIpc) is 2.48. The highest BCUT2D eigenvalue weighted by atomic mass is 79.9. The van der Waals surface area contributed by atoms with E-state index in [4.69, 9.17) is 0 Å². The van der Waals surface area contributed by atoms with E-state index in [0.29, 0.717) is 12.6 Å². The maximum absolute atomic E-state index is 12.5. The van der Waals surface area contributed by atoms with Crippen LogP contribution in [0, 0.1) is 0 Å². The Labute approximate surface area is 134 Å². The molecule has 2 aromatic carbocycles. The highest BCUT2D eigenvalue weighted by Gasteiger charge is 2.17. The number of hydrogen-bond donors (Lipinski definition) is 0. The van der Waals surface area contributed by atoms with Gasteiger partial charge in [-0.1, -0.05) is 64.5 Å². The number of carbonyl (C=O) groups excluding carboxylic acids is 1. The number of carbonyl (C=O) groups is 1. The summed E-state index contributed by atoms with van der Waals surface area (Å²) < 4.78 is 0.860. The van der Waals surface area contributed by atoms with Gasteiger partial charge in [0.25, 0.3) is 0 Å². The molecule has 0 heterocycles. The molecule has 0 aliphatic carbocycles. The second kappa shape index (κ2) is 7.53. The molecule has 0 fully saturated rings. The Kier molecular flexibility index (Phi) is 5.71. The van der Waals surface area contributed by atoms with Crippen molar-refractivity contribution in [1.82, 2.24) is 4.90 Å². The molecule has 2 rings (SSSR count). The van der Waals surface area contributed by atoms with Gasteiger partial charge in [-0.25, -0.2) is 0 Å². The molecule has 0 bridgehead atoms. The molecule has 0 amide bonds. The Morgan fingerprint density at radius 3 is 2.29 bits per heavy atom. The molecule has 2 nitrogen and oxygen atoms in total. The van der Waals surface area contributed by atoms with E-state index < -0.39 is 0 Å². The molecule has 0 saturated heterocycles. The van der Waals surface area contributed by atoms with Crippen LogP contribution in [0.15, 0.2) is 59.1 Å². The zero-order chi connectivity index (χ0) is 15.2. The summed E-state index contributed by atoms with van der Waals surface area (Å²) >= 11 is 3.45. The fourth-order valence-corrected chi connectivity index (χ4v) is 2.70. The second-order valence-electron chi connectivity index (χ2n) is 5.39. The van der Waals surface area contributed by atoms with Crippen LogP contribution in [0.3, 0.4) is 0 Å². The van der Waals surface area contributed by atoms with Crippen LogP contribution in [-0.4, -0.2) is 23.3 Å². The number of nitrogens with zero attached hydrogens (tertiary/aromatic N) is 1. The lowest BCUT2D eigenvalue weighted by atomic mass is 10.1. The summed E-state index contributed by atoms with van der Waals surface area (Å²) in [5, 5.41) is 0. The highest BCUT2D eigenvalue weighted by Crippen LogP contribution is 2.18. The Hall–Kier alpha value is -1.45. The van der Waals surface area contributed by atoms with Crippen LogP contribution < -0.4 is 0 Å². The largest absolute Gasteiger partial charge is 0.293 e. The predicted molar refractivity (Wildman–Crippen MR) is 90.5 cm³/mol. The van der Waals surface area contributed by atoms with Crippen LogP contribution in [0.2, 0.25) is 0 Å². The van der Waals surface area contributed by atoms with Gasteiger partial charge in [0, 0.05) is 22.6 Å². The maximum Gasteiger partial charge on any atom is 0.177 e. The molecule has 0 aliphatic heterocycles. The summed E-state index contributed by atoms with van der Waals surface area (Å²) in [7, 11) is 0. The van der Waals surface area contributed by atoms with Crippen molar-refractivity contribution in [2.45, 2.75) is 26.4 Å². The first-order valence-corrected chi connectivity index (χ1v) is 7.93. The number of ketones is 1. The van der Waals surface area contributed by atoms with Gasteiger partial charge < -0.3 is 0 Å². The van der Waals surface area contributed by atoms with Crippen LogP contribution in [0.4, 0.5) is 0 Å². The molecule has 0 unspecified atom stereocenters. The van der Waals surface area contributed by atoms with E-state index in [-0.39, 0.29) is 5.78 Å². The van der Waals surface area contributed by atoms with E-state index in [1.807, 2.05) is 42.5 Å². The number of hydrogen-bond acceptors (Lipinski definition) is 2. The Balaban J connectivity index is 2.10.